The summed E-state index contributed by atoms with van der Waals surface area (Å²) in [5.41, 5.74) is 0.465. The molecule has 1 amide bonds. The molecule has 0 radical (unpaired) electrons. The third kappa shape index (κ3) is 4.07. The highest BCUT2D eigenvalue weighted by molar-refractivity contribution is 5.80. The summed E-state index contributed by atoms with van der Waals surface area (Å²) in [6.07, 6.45) is 4.46. The predicted molar refractivity (Wildman–Crippen MR) is 83.0 cm³/mol. The third-order valence-electron chi connectivity index (χ3n) is 4.26. The van der Waals surface area contributed by atoms with E-state index in [9.17, 15) is 9.59 Å². The zero-order valence-electron chi connectivity index (χ0n) is 12.7. The second-order valence-corrected chi connectivity index (χ2v) is 6.20. The van der Waals surface area contributed by atoms with Gasteiger partial charge in [-0.3, -0.25) is 9.59 Å². The molecular formula is C17H22N2O3. The van der Waals surface area contributed by atoms with E-state index in [-0.39, 0.29) is 18.6 Å². The van der Waals surface area contributed by atoms with Crippen molar-refractivity contribution in [3.05, 3.63) is 29.8 Å². The van der Waals surface area contributed by atoms with Crippen LogP contribution in [0, 0.1) is 5.92 Å². The summed E-state index contributed by atoms with van der Waals surface area (Å²) in [7, 11) is 0. The number of aldehydes is 1. The summed E-state index contributed by atoms with van der Waals surface area (Å²) >= 11 is 0. The number of nitrogens with zero attached hydrogens (tertiary/aromatic N) is 1. The average molecular weight is 302 g/mol. The number of para-hydroxylation sites is 1. The fraction of sp³-hybridized carbons (Fsp3) is 0.529. The van der Waals surface area contributed by atoms with Gasteiger partial charge in [0.15, 0.2) is 12.9 Å². The van der Waals surface area contributed by atoms with Crippen LogP contribution in [0.4, 0.5) is 0 Å². The quantitative estimate of drug-likeness (QED) is 0.775. The minimum atomic E-state index is -0.126. The van der Waals surface area contributed by atoms with E-state index in [0.29, 0.717) is 11.3 Å². The van der Waals surface area contributed by atoms with E-state index in [0.717, 1.165) is 31.7 Å². The van der Waals surface area contributed by atoms with Gasteiger partial charge in [-0.05, 0) is 37.3 Å². The lowest BCUT2D eigenvalue weighted by Crippen LogP contribution is -2.39. The van der Waals surface area contributed by atoms with Crippen LogP contribution in [0.2, 0.25) is 0 Å². The molecule has 2 aliphatic rings. The summed E-state index contributed by atoms with van der Waals surface area (Å²) in [6.45, 7) is 3.13. The maximum Gasteiger partial charge on any atom is 0.258 e. The van der Waals surface area contributed by atoms with Crippen molar-refractivity contribution in [2.24, 2.45) is 5.92 Å². The first-order valence-corrected chi connectivity index (χ1v) is 7.93. The first-order chi connectivity index (χ1) is 10.7. The Morgan fingerprint density at radius 3 is 2.91 bits per heavy atom. The zero-order valence-corrected chi connectivity index (χ0v) is 12.7. The number of hydrogen-bond acceptors (Lipinski definition) is 4. The van der Waals surface area contributed by atoms with Crippen molar-refractivity contribution in [3.63, 3.8) is 0 Å². The highest BCUT2D eigenvalue weighted by atomic mass is 16.5. The molecule has 22 heavy (non-hydrogen) atoms. The average Bonchev–Trinajstić information content (AvgIpc) is 3.24. The van der Waals surface area contributed by atoms with Gasteiger partial charge in [0.1, 0.15) is 5.75 Å². The fourth-order valence-electron chi connectivity index (χ4n) is 2.90. The van der Waals surface area contributed by atoms with E-state index in [4.69, 9.17) is 4.74 Å². The Hall–Kier alpha value is -1.88. The third-order valence-corrected chi connectivity index (χ3v) is 4.26. The molecule has 0 spiro atoms. The molecule has 5 nitrogen and oxygen atoms in total. The Labute approximate surface area is 130 Å². The van der Waals surface area contributed by atoms with Gasteiger partial charge in [-0.1, -0.05) is 12.1 Å². The topological polar surface area (TPSA) is 58.6 Å². The van der Waals surface area contributed by atoms with Crippen LogP contribution in [0.3, 0.4) is 0 Å². The molecule has 3 rings (SSSR count). The van der Waals surface area contributed by atoms with Crippen LogP contribution in [0.1, 0.15) is 29.6 Å². The summed E-state index contributed by atoms with van der Waals surface area (Å²) in [5, 5.41) is 3.02. The van der Waals surface area contributed by atoms with Gasteiger partial charge in [0, 0.05) is 25.7 Å². The van der Waals surface area contributed by atoms with E-state index < -0.39 is 0 Å². The van der Waals surface area contributed by atoms with E-state index >= 15 is 0 Å². The molecule has 1 aliphatic carbocycles. The van der Waals surface area contributed by atoms with Crippen molar-refractivity contribution < 1.29 is 14.3 Å². The van der Waals surface area contributed by atoms with E-state index in [2.05, 4.69) is 10.2 Å². The van der Waals surface area contributed by atoms with Crippen LogP contribution < -0.4 is 10.1 Å². The van der Waals surface area contributed by atoms with Crippen LogP contribution in [-0.4, -0.2) is 49.4 Å². The smallest absolute Gasteiger partial charge is 0.258 e. The lowest BCUT2D eigenvalue weighted by Gasteiger charge is -2.16. The monoisotopic (exact) mass is 302 g/mol. The largest absolute Gasteiger partial charge is 0.483 e. The molecule has 1 atom stereocenters. The zero-order chi connectivity index (χ0) is 15.4. The Morgan fingerprint density at radius 1 is 1.32 bits per heavy atom. The number of rotatable bonds is 7. The number of ether oxygens (including phenoxy) is 1. The number of amides is 1. The molecule has 1 aromatic rings. The van der Waals surface area contributed by atoms with Gasteiger partial charge in [0.05, 0.1) is 5.56 Å². The Balaban J connectivity index is 1.41. The highest BCUT2D eigenvalue weighted by Crippen LogP contribution is 2.30. The number of hydrogen-bond donors (Lipinski definition) is 1. The molecular weight excluding hydrogens is 280 g/mol. The SMILES string of the molecule is O=Cc1ccccc1OCC(=O)NC1CCN(CC2CC2)C1. The highest BCUT2D eigenvalue weighted by Gasteiger charge is 2.29. The van der Waals surface area contributed by atoms with Crippen LogP contribution >= 0.6 is 0 Å². The summed E-state index contributed by atoms with van der Waals surface area (Å²) < 4.78 is 5.44. The predicted octanol–water partition coefficient (Wildman–Crippen LogP) is 1.48. The maximum absolute atomic E-state index is 12.0. The summed E-state index contributed by atoms with van der Waals surface area (Å²) in [5.74, 6) is 1.21. The molecule has 1 aromatic carbocycles. The maximum atomic E-state index is 12.0. The van der Waals surface area contributed by atoms with Gasteiger partial charge in [-0.2, -0.15) is 0 Å². The van der Waals surface area contributed by atoms with Gasteiger partial charge in [-0.15, -0.1) is 0 Å². The van der Waals surface area contributed by atoms with Crippen LogP contribution in [0.15, 0.2) is 24.3 Å². The Bertz CT molecular complexity index is 542. The first kappa shape index (κ1) is 15.0. The van der Waals surface area contributed by atoms with Gasteiger partial charge < -0.3 is 15.0 Å². The lowest BCUT2D eigenvalue weighted by molar-refractivity contribution is -0.123. The van der Waals surface area contributed by atoms with Gasteiger partial charge in [0.25, 0.3) is 5.91 Å². The number of carbonyl (C=O) groups is 2. The molecule has 1 heterocycles. The van der Waals surface area contributed by atoms with Gasteiger partial charge in [0.2, 0.25) is 0 Å². The van der Waals surface area contributed by atoms with Crippen molar-refractivity contribution in [2.75, 3.05) is 26.2 Å². The van der Waals surface area contributed by atoms with Gasteiger partial charge >= 0.3 is 0 Å². The molecule has 1 N–H and O–H groups in total. The van der Waals surface area contributed by atoms with Crippen LogP contribution in [0.5, 0.6) is 5.75 Å². The molecule has 1 saturated carbocycles. The van der Waals surface area contributed by atoms with E-state index in [1.165, 1.54) is 19.4 Å². The molecule has 5 heteroatoms. The number of benzene rings is 1. The van der Waals surface area contributed by atoms with E-state index in [1.807, 2.05) is 0 Å². The Kier molecular flexibility index (Phi) is 4.73. The van der Waals surface area contributed by atoms with Crippen molar-refractivity contribution in [3.8, 4) is 5.75 Å². The summed E-state index contributed by atoms with van der Waals surface area (Å²) in [4.78, 5) is 25.3. The van der Waals surface area contributed by atoms with Crippen molar-refractivity contribution in [1.82, 2.24) is 10.2 Å². The Morgan fingerprint density at radius 2 is 2.14 bits per heavy atom. The number of likely N-dealkylation sites (tertiary alicyclic amines) is 1. The second-order valence-electron chi connectivity index (χ2n) is 6.20. The van der Waals surface area contributed by atoms with Gasteiger partial charge in [-0.25, -0.2) is 0 Å². The fourth-order valence-corrected chi connectivity index (χ4v) is 2.90. The lowest BCUT2D eigenvalue weighted by atomic mass is 10.2. The van der Waals surface area contributed by atoms with Crippen LogP contribution in [0.25, 0.3) is 0 Å². The minimum absolute atomic E-state index is 0.0516. The van der Waals surface area contributed by atoms with Crippen molar-refractivity contribution in [2.45, 2.75) is 25.3 Å². The molecule has 0 aromatic heterocycles. The first-order valence-electron chi connectivity index (χ1n) is 7.93. The normalized spacial score (nSPS) is 21.5. The van der Waals surface area contributed by atoms with Crippen LogP contribution in [-0.2, 0) is 4.79 Å². The molecule has 1 aliphatic heterocycles. The standard InChI is InChI=1S/C17H22N2O3/c20-11-14-3-1-2-4-16(14)22-12-17(21)18-15-7-8-19(10-15)9-13-5-6-13/h1-4,11,13,15H,5-10,12H2,(H,18,21). The molecule has 2 fully saturated rings. The molecule has 1 saturated heterocycles. The number of nitrogens with one attached hydrogen (secondary N) is 1. The van der Waals surface area contributed by atoms with E-state index in [1.54, 1.807) is 24.3 Å². The summed E-state index contributed by atoms with van der Waals surface area (Å²) in [6, 6.07) is 7.14. The van der Waals surface area contributed by atoms with Crippen molar-refractivity contribution in [1.29, 1.82) is 0 Å². The second kappa shape index (κ2) is 6.92. The number of carbonyl (C=O) groups excluding carboxylic acids is 2. The molecule has 1 unspecified atom stereocenters. The molecule has 118 valence electrons. The minimum Gasteiger partial charge on any atom is -0.483 e. The molecule has 0 bridgehead atoms. The van der Waals surface area contributed by atoms with Crippen molar-refractivity contribution >= 4 is 12.2 Å².